The Morgan fingerprint density at radius 3 is 2.59 bits per heavy atom. The molecule has 29 heavy (non-hydrogen) atoms. The van der Waals surface area contributed by atoms with Gasteiger partial charge in [-0.15, -0.1) is 0 Å². The van der Waals surface area contributed by atoms with Gasteiger partial charge in [-0.05, 0) is 38.0 Å². The summed E-state index contributed by atoms with van der Waals surface area (Å²) in [6, 6.07) is 14.8. The molecule has 0 unspecified atom stereocenters. The molecule has 1 amide bonds. The molecule has 1 aromatic heterocycles. The summed E-state index contributed by atoms with van der Waals surface area (Å²) in [6.07, 6.45) is 1.65. The van der Waals surface area contributed by atoms with E-state index in [9.17, 15) is 14.0 Å². The molecule has 0 radical (unpaired) electrons. The lowest BCUT2D eigenvalue weighted by atomic mass is 10.2. The summed E-state index contributed by atoms with van der Waals surface area (Å²) in [5.74, 6) is -0.877. The summed E-state index contributed by atoms with van der Waals surface area (Å²) >= 11 is 6.27. The van der Waals surface area contributed by atoms with Gasteiger partial charge in [-0.1, -0.05) is 41.9 Å². The number of nitrogens with zero attached hydrogens (tertiary/aromatic N) is 3. The second-order valence-corrected chi connectivity index (χ2v) is 7.52. The van der Waals surface area contributed by atoms with Gasteiger partial charge in [-0.25, -0.2) is 9.07 Å². The first-order chi connectivity index (χ1) is 14.0. The zero-order valence-electron chi connectivity index (χ0n) is 15.8. The van der Waals surface area contributed by atoms with E-state index in [2.05, 4.69) is 5.10 Å². The van der Waals surface area contributed by atoms with E-state index in [-0.39, 0.29) is 24.1 Å². The molecule has 2 aromatic carbocycles. The van der Waals surface area contributed by atoms with Crippen molar-refractivity contribution in [2.45, 2.75) is 32.4 Å². The fourth-order valence-corrected chi connectivity index (χ4v) is 3.48. The number of rotatable bonds is 5. The molecule has 4 rings (SSSR count). The maximum absolute atomic E-state index is 14.1. The van der Waals surface area contributed by atoms with Crippen molar-refractivity contribution in [3.05, 3.63) is 92.6 Å². The van der Waals surface area contributed by atoms with Crippen molar-refractivity contribution < 1.29 is 9.18 Å². The number of carbonyl (C=O) groups excluding carboxylic acids is 1. The quantitative estimate of drug-likeness (QED) is 0.634. The molecule has 0 spiro atoms. The molecule has 1 heterocycles. The normalized spacial score (nSPS) is 13.3. The molecular formula is C22H19ClFN3O2. The third-order valence-electron chi connectivity index (χ3n) is 4.94. The van der Waals surface area contributed by atoms with E-state index in [4.69, 9.17) is 11.6 Å². The van der Waals surface area contributed by atoms with E-state index in [1.165, 1.54) is 21.7 Å². The summed E-state index contributed by atoms with van der Waals surface area (Å²) in [7, 11) is 0. The number of hydrogen-bond acceptors (Lipinski definition) is 3. The average molecular weight is 412 g/mol. The molecule has 148 valence electrons. The highest BCUT2D eigenvalue weighted by molar-refractivity contribution is 6.32. The monoisotopic (exact) mass is 411 g/mol. The van der Waals surface area contributed by atoms with Crippen LogP contribution in [0, 0.1) is 12.7 Å². The summed E-state index contributed by atoms with van der Waals surface area (Å²) in [6.45, 7) is 1.82. The van der Waals surface area contributed by atoms with Crippen LogP contribution in [0.4, 0.5) is 4.39 Å². The molecular weight excluding hydrogens is 393 g/mol. The number of carbonyl (C=O) groups is 1. The van der Waals surface area contributed by atoms with E-state index < -0.39 is 11.3 Å². The van der Waals surface area contributed by atoms with Gasteiger partial charge in [-0.2, -0.15) is 5.10 Å². The Morgan fingerprint density at radius 2 is 1.90 bits per heavy atom. The van der Waals surface area contributed by atoms with Crippen molar-refractivity contribution in [3.8, 4) is 5.69 Å². The molecule has 5 nitrogen and oxygen atoms in total. The van der Waals surface area contributed by atoms with E-state index in [0.717, 1.165) is 12.8 Å². The van der Waals surface area contributed by atoms with Gasteiger partial charge in [-0.3, -0.25) is 9.59 Å². The fraction of sp³-hybridized carbons (Fsp3) is 0.227. The number of benzene rings is 2. The highest BCUT2D eigenvalue weighted by Crippen LogP contribution is 2.30. The van der Waals surface area contributed by atoms with Crippen LogP contribution in [0.15, 0.2) is 59.4 Å². The Labute approximate surface area is 172 Å². The predicted octanol–water partition coefficient (Wildman–Crippen LogP) is 4.14. The van der Waals surface area contributed by atoms with Crippen LogP contribution in [-0.2, 0) is 6.54 Å². The first-order valence-corrected chi connectivity index (χ1v) is 9.74. The first kappa shape index (κ1) is 19.3. The molecule has 3 aromatic rings. The van der Waals surface area contributed by atoms with E-state index in [0.29, 0.717) is 22.0 Å². The van der Waals surface area contributed by atoms with Crippen molar-refractivity contribution >= 4 is 17.5 Å². The maximum atomic E-state index is 14.1. The van der Waals surface area contributed by atoms with Gasteiger partial charge in [0.2, 0.25) is 5.43 Å². The van der Waals surface area contributed by atoms with Crippen LogP contribution >= 0.6 is 11.6 Å². The van der Waals surface area contributed by atoms with Gasteiger partial charge >= 0.3 is 0 Å². The lowest BCUT2D eigenvalue weighted by Crippen LogP contribution is -2.37. The zero-order chi connectivity index (χ0) is 20.5. The second kappa shape index (κ2) is 7.79. The van der Waals surface area contributed by atoms with Gasteiger partial charge in [0.1, 0.15) is 5.82 Å². The van der Waals surface area contributed by atoms with Gasteiger partial charge in [0, 0.05) is 29.9 Å². The van der Waals surface area contributed by atoms with Crippen molar-refractivity contribution in [3.63, 3.8) is 0 Å². The summed E-state index contributed by atoms with van der Waals surface area (Å²) < 4.78 is 15.6. The molecule has 0 aliphatic heterocycles. The lowest BCUT2D eigenvalue weighted by molar-refractivity contribution is 0.0718. The molecule has 1 aliphatic rings. The van der Waals surface area contributed by atoms with Crippen molar-refractivity contribution in [2.24, 2.45) is 0 Å². The molecule has 0 atom stereocenters. The lowest BCUT2D eigenvalue weighted by Gasteiger charge is -2.23. The number of para-hydroxylation sites is 1. The number of aryl methyl sites for hydroxylation is 1. The largest absolute Gasteiger partial charge is 0.330 e. The number of halogens is 2. The Kier molecular flexibility index (Phi) is 5.20. The van der Waals surface area contributed by atoms with Gasteiger partial charge < -0.3 is 4.90 Å². The van der Waals surface area contributed by atoms with Crippen LogP contribution in [0.25, 0.3) is 5.69 Å². The number of amides is 1. The van der Waals surface area contributed by atoms with Crippen LogP contribution in [0.1, 0.15) is 34.6 Å². The minimum absolute atomic E-state index is 0.0154. The van der Waals surface area contributed by atoms with E-state index >= 15 is 0 Å². The average Bonchev–Trinajstić information content (AvgIpc) is 3.53. The van der Waals surface area contributed by atoms with Crippen LogP contribution in [0.2, 0.25) is 5.02 Å². The Morgan fingerprint density at radius 1 is 1.21 bits per heavy atom. The summed E-state index contributed by atoms with van der Waals surface area (Å²) in [5.41, 5.74) is 0.888. The molecule has 1 fully saturated rings. The second-order valence-electron chi connectivity index (χ2n) is 7.12. The highest BCUT2D eigenvalue weighted by Gasteiger charge is 2.35. The third kappa shape index (κ3) is 3.93. The highest BCUT2D eigenvalue weighted by atomic mass is 35.5. The minimum Gasteiger partial charge on any atom is -0.330 e. The molecule has 7 heteroatoms. The molecule has 0 saturated heterocycles. The predicted molar refractivity (Wildman–Crippen MR) is 109 cm³/mol. The maximum Gasteiger partial charge on any atom is 0.278 e. The molecule has 1 aliphatic carbocycles. The molecule has 0 N–H and O–H groups in total. The smallest absolute Gasteiger partial charge is 0.278 e. The minimum atomic E-state index is -0.499. The number of aromatic nitrogens is 2. The van der Waals surface area contributed by atoms with Crippen LogP contribution in [-0.4, -0.2) is 26.6 Å². The third-order valence-corrected chi connectivity index (χ3v) is 5.26. The topological polar surface area (TPSA) is 55.2 Å². The van der Waals surface area contributed by atoms with Gasteiger partial charge in [0.15, 0.2) is 5.69 Å². The SMILES string of the molecule is Cc1cc(=O)c(C(=O)N(Cc2ccccc2F)C2CC2)nn1-c1ccccc1Cl. The number of hydrogen-bond donors (Lipinski definition) is 0. The van der Waals surface area contributed by atoms with Gasteiger partial charge in [0.05, 0.1) is 10.7 Å². The summed E-state index contributed by atoms with van der Waals surface area (Å²) in [4.78, 5) is 27.4. The van der Waals surface area contributed by atoms with Gasteiger partial charge in [0.25, 0.3) is 5.91 Å². The van der Waals surface area contributed by atoms with Crippen LogP contribution in [0.3, 0.4) is 0 Å². The zero-order valence-corrected chi connectivity index (χ0v) is 16.6. The Hall–Kier alpha value is -2.99. The standard InChI is InChI=1S/C22H19ClFN3O2/c1-14-12-20(28)21(25-27(14)19-9-5-3-7-17(19)23)22(29)26(16-10-11-16)13-15-6-2-4-8-18(15)24/h2-9,12,16H,10-11,13H2,1H3. The van der Waals surface area contributed by atoms with Crippen LogP contribution in [0.5, 0.6) is 0 Å². The van der Waals surface area contributed by atoms with Crippen molar-refractivity contribution in [1.82, 2.24) is 14.7 Å². The fourth-order valence-electron chi connectivity index (χ4n) is 3.26. The summed E-state index contributed by atoms with van der Waals surface area (Å²) in [5, 5.41) is 4.79. The van der Waals surface area contributed by atoms with Crippen molar-refractivity contribution in [1.29, 1.82) is 0 Å². The van der Waals surface area contributed by atoms with E-state index in [1.54, 1.807) is 49.4 Å². The Bertz CT molecular complexity index is 1140. The molecule has 0 bridgehead atoms. The van der Waals surface area contributed by atoms with Crippen LogP contribution < -0.4 is 5.43 Å². The Balaban J connectivity index is 1.74. The first-order valence-electron chi connectivity index (χ1n) is 9.36. The van der Waals surface area contributed by atoms with E-state index in [1.807, 2.05) is 0 Å². The van der Waals surface area contributed by atoms with Crippen molar-refractivity contribution in [2.75, 3.05) is 0 Å². The molecule has 1 saturated carbocycles.